The minimum absolute atomic E-state index is 0.0359. The lowest BCUT2D eigenvalue weighted by atomic mass is 10.0. The number of benzene rings is 1. The Morgan fingerprint density at radius 2 is 1.82 bits per heavy atom. The largest absolute Gasteiger partial charge is 0.493 e. The van der Waals surface area contributed by atoms with E-state index in [1.165, 1.54) is 17.7 Å². The first-order valence-corrected chi connectivity index (χ1v) is 10.4. The smallest absolute Gasteiger partial charge is 0.214 e. The maximum Gasteiger partial charge on any atom is 0.214 e. The van der Waals surface area contributed by atoms with E-state index in [0.29, 0.717) is 6.04 Å². The fourth-order valence-corrected chi connectivity index (χ4v) is 4.77. The van der Waals surface area contributed by atoms with Gasteiger partial charge in [0.2, 0.25) is 5.82 Å². The average Bonchev–Trinajstić information content (AvgIpc) is 3.41. The zero-order chi connectivity index (χ0) is 19.5. The number of likely N-dealkylation sites (N-methyl/N-ethyl adjacent to an activating group) is 1. The molecule has 2 fully saturated rings. The molecule has 2 aromatic rings. The van der Waals surface area contributed by atoms with Crippen LogP contribution >= 0.6 is 0 Å². The lowest BCUT2D eigenvalue weighted by molar-refractivity contribution is -1.02. The molecule has 2 aliphatic rings. The third kappa shape index (κ3) is 3.58. The van der Waals surface area contributed by atoms with Crippen molar-refractivity contribution in [2.45, 2.75) is 37.8 Å². The number of nitrogens with one attached hydrogen (secondary N) is 2. The predicted octanol–water partition coefficient (Wildman–Crippen LogP) is -0.692. The summed E-state index contributed by atoms with van der Waals surface area (Å²) in [6, 6.07) is 6.56. The Labute approximate surface area is 166 Å². The van der Waals surface area contributed by atoms with Gasteiger partial charge >= 0.3 is 0 Å². The minimum Gasteiger partial charge on any atom is -0.493 e. The van der Waals surface area contributed by atoms with Crippen molar-refractivity contribution in [3.63, 3.8) is 0 Å². The summed E-state index contributed by atoms with van der Waals surface area (Å²) in [5, 5.41) is 13.1. The van der Waals surface area contributed by atoms with Crippen LogP contribution in [0.2, 0.25) is 0 Å². The number of nitrogens with zero attached hydrogens (tertiary/aromatic N) is 4. The van der Waals surface area contributed by atoms with Crippen LogP contribution in [0.15, 0.2) is 18.2 Å². The highest BCUT2D eigenvalue weighted by atomic mass is 16.5. The van der Waals surface area contributed by atoms with Crippen LogP contribution in [0.5, 0.6) is 11.5 Å². The van der Waals surface area contributed by atoms with Gasteiger partial charge in [-0.2, -0.15) is 0 Å². The Morgan fingerprint density at radius 3 is 2.50 bits per heavy atom. The lowest BCUT2D eigenvalue weighted by Crippen LogP contribution is -3.27. The van der Waals surface area contributed by atoms with Crippen molar-refractivity contribution in [1.29, 1.82) is 0 Å². The summed E-state index contributed by atoms with van der Waals surface area (Å²) < 4.78 is 13.5. The quantitative estimate of drug-likeness (QED) is 0.685. The van der Waals surface area contributed by atoms with Gasteiger partial charge in [-0.25, -0.2) is 4.68 Å². The van der Waals surface area contributed by atoms with Gasteiger partial charge in [-0.15, -0.1) is 5.10 Å². The van der Waals surface area contributed by atoms with Crippen molar-refractivity contribution in [2.75, 3.05) is 47.4 Å². The molecule has 1 aromatic carbocycles. The van der Waals surface area contributed by atoms with Crippen LogP contribution in [0.25, 0.3) is 0 Å². The highest BCUT2D eigenvalue weighted by Gasteiger charge is 2.38. The van der Waals surface area contributed by atoms with E-state index >= 15 is 0 Å². The summed E-state index contributed by atoms with van der Waals surface area (Å²) in [4.78, 5) is 3.07. The topological polar surface area (TPSA) is 70.9 Å². The van der Waals surface area contributed by atoms with Gasteiger partial charge in [0.1, 0.15) is 26.2 Å². The molecular formula is C20H32N6O2+2. The second-order valence-electron chi connectivity index (χ2n) is 8.05. The lowest BCUT2D eigenvalue weighted by Gasteiger charge is -2.33. The molecule has 1 atom stereocenters. The Bertz CT molecular complexity index is 781. The molecule has 152 valence electrons. The summed E-state index contributed by atoms with van der Waals surface area (Å²) in [6.07, 6.45) is 4.81. The Balaban J connectivity index is 1.79. The van der Waals surface area contributed by atoms with E-state index in [4.69, 9.17) is 9.47 Å². The van der Waals surface area contributed by atoms with E-state index < -0.39 is 0 Å². The summed E-state index contributed by atoms with van der Waals surface area (Å²) in [5.41, 5.74) is 1.10. The molecule has 8 nitrogen and oxygen atoms in total. The van der Waals surface area contributed by atoms with Crippen molar-refractivity contribution < 1.29 is 19.3 Å². The molecule has 28 heavy (non-hydrogen) atoms. The third-order valence-electron chi connectivity index (χ3n) is 6.35. The number of para-hydroxylation sites is 1. The molecule has 1 aromatic heterocycles. The summed E-state index contributed by atoms with van der Waals surface area (Å²) in [7, 11) is 5.66. The minimum atomic E-state index is 0.0359. The van der Waals surface area contributed by atoms with Gasteiger partial charge < -0.3 is 19.3 Å². The molecule has 1 saturated heterocycles. The van der Waals surface area contributed by atoms with Crippen molar-refractivity contribution in [3.05, 3.63) is 29.6 Å². The van der Waals surface area contributed by atoms with Crippen LogP contribution in [0.3, 0.4) is 0 Å². The number of piperazine rings is 1. The average molecular weight is 389 g/mol. The molecule has 1 saturated carbocycles. The predicted molar refractivity (Wildman–Crippen MR) is 104 cm³/mol. The van der Waals surface area contributed by atoms with Gasteiger partial charge in [0, 0.05) is 0 Å². The van der Waals surface area contributed by atoms with Gasteiger partial charge in [-0.05, 0) is 35.4 Å². The van der Waals surface area contributed by atoms with E-state index in [9.17, 15) is 0 Å². The van der Waals surface area contributed by atoms with Gasteiger partial charge in [-0.1, -0.05) is 18.9 Å². The fourth-order valence-electron chi connectivity index (χ4n) is 4.77. The first kappa shape index (κ1) is 19.1. The molecule has 8 heteroatoms. The maximum absolute atomic E-state index is 5.80. The number of rotatable bonds is 6. The van der Waals surface area contributed by atoms with Crippen molar-refractivity contribution in [3.8, 4) is 11.5 Å². The van der Waals surface area contributed by atoms with E-state index in [-0.39, 0.29) is 6.04 Å². The molecule has 2 N–H and O–H groups in total. The first-order valence-electron chi connectivity index (χ1n) is 10.4. The Hall–Kier alpha value is -2.19. The molecule has 4 rings (SSSR count). The maximum atomic E-state index is 5.80. The van der Waals surface area contributed by atoms with Crippen LogP contribution in [0, 0.1) is 0 Å². The number of hydrogen-bond acceptors (Lipinski definition) is 5. The molecular weight excluding hydrogens is 356 g/mol. The van der Waals surface area contributed by atoms with Crippen molar-refractivity contribution in [2.24, 2.45) is 0 Å². The Morgan fingerprint density at radius 1 is 1.07 bits per heavy atom. The van der Waals surface area contributed by atoms with Crippen molar-refractivity contribution >= 4 is 0 Å². The van der Waals surface area contributed by atoms with E-state index in [1.807, 2.05) is 12.1 Å². The number of methoxy groups -OCH3 is 2. The van der Waals surface area contributed by atoms with E-state index in [0.717, 1.165) is 61.9 Å². The van der Waals surface area contributed by atoms with Crippen LogP contribution in [-0.2, 0) is 0 Å². The normalized spacial score (nSPS) is 24.2. The number of ether oxygens (including phenoxy) is 2. The van der Waals surface area contributed by atoms with Gasteiger partial charge in [-0.3, -0.25) is 0 Å². The zero-order valence-electron chi connectivity index (χ0n) is 17.1. The monoisotopic (exact) mass is 388 g/mol. The number of quaternary nitrogens is 2. The summed E-state index contributed by atoms with van der Waals surface area (Å²) in [5.74, 6) is 2.49. The first-order chi connectivity index (χ1) is 13.7. The molecule has 0 amide bonds. The fraction of sp³-hybridized carbons (Fsp3) is 0.650. The summed E-state index contributed by atoms with van der Waals surface area (Å²) >= 11 is 0. The SMILES string of the molecule is COc1cccc([C@@H](c2nnnn2C2CCCC2)[NH+]2CC[NH+](C)CC2)c1OC. The molecule has 0 spiro atoms. The van der Waals surface area contributed by atoms with Crippen LogP contribution in [0.1, 0.15) is 49.2 Å². The van der Waals surface area contributed by atoms with Crippen molar-refractivity contribution in [1.82, 2.24) is 20.2 Å². The van der Waals surface area contributed by atoms with Gasteiger partial charge in [0.25, 0.3) is 0 Å². The summed E-state index contributed by atoms with van der Waals surface area (Å²) in [6.45, 7) is 4.44. The van der Waals surface area contributed by atoms with Gasteiger partial charge in [0.15, 0.2) is 17.5 Å². The molecule has 0 bridgehead atoms. The van der Waals surface area contributed by atoms with E-state index in [1.54, 1.807) is 19.1 Å². The number of tetrazole rings is 1. The molecule has 1 aliphatic carbocycles. The standard InChI is InChI=1S/C20H30N6O2/c1-24-11-13-25(14-12-24)18(16-9-6-10-17(27-2)19(16)28-3)20-21-22-23-26(20)15-7-4-5-8-15/h6,9-10,15,18H,4-5,7-8,11-14H2,1-3H3/p+2/t18-/m0/s1. The number of aromatic nitrogens is 4. The third-order valence-corrected chi connectivity index (χ3v) is 6.35. The highest BCUT2D eigenvalue weighted by molar-refractivity contribution is 5.48. The number of hydrogen-bond donors (Lipinski definition) is 2. The Kier molecular flexibility index (Phi) is 5.77. The zero-order valence-corrected chi connectivity index (χ0v) is 17.1. The van der Waals surface area contributed by atoms with Gasteiger partial charge in [0.05, 0.1) is 32.9 Å². The second-order valence-corrected chi connectivity index (χ2v) is 8.05. The molecule has 2 heterocycles. The molecule has 0 unspecified atom stereocenters. The van der Waals surface area contributed by atoms with Crippen LogP contribution in [-0.4, -0.2) is 67.7 Å². The highest BCUT2D eigenvalue weighted by Crippen LogP contribution is 2.37. The van der Waals surface area contributed by atoms with Crippen LogP contribution < -0.4 is 19.3 Å². The molecule has 0 radical (unpaired) electrons. The van der Waals surface area contributed by atoms with E-state index in [2.05, 4.69) is 33.3 Å². The second kappa shape index (κ2) is 8.45. The molecule has 1 aliphatic heterocycles. The van der Waals surface area contributed by atoms with Crippen LogP contribution in [0.4, 0.5) is 0 Å².